The summed E-state index contributed by atoms with van der Waals surface area (Å²) in [4.78, 5) is 2.54. The molecule has 0 aromatic carbocycles. The Morgan fingerprint density at radius 2 is 2.17 bits per heavy atom. The Morgan fingerprint density at radius 3 is 2.50 bits per heavy atom. The van der Waals surface area contributed by atoms with Crippen molar-refractivity contribution in [3.8, 4) is 0 Å². The zero-order valence-electron chi connectivity index (χ0n) is 8.50. The lowest BCUT2D eigenvalue weighted by Gasteiger charge is -2.27. The Balaban J connectivity index is 2.50. The van der Waals surface area contributed by atoms with E-state index in [0.717, 1.165) is 5.25 Å². The van der Waals surface area contributed by atoms with Crippen LogP contribution >= 0.6 is 11.8 Å². The van der Waals surface area contributed by atoms with E-state index in [1.54, 1.807) is 0 Å². The van der Waals surface area contributed by atoms with E-state index in [1.165, 1.54) is 13.0 Å². The molecule has 12 heavy (non-hydrogen) atoms. The molecule has 1 aliphatic rings. The van der Waals surface area contributed by atoms with Crippen LogP contribution in [0.3, 0.4) is 0 Å². The van der Waals surface area contributed by atoms with Gasteiger partial charge in [0.2, 0.25) is 0 Å². The van der Waals surface area contributed by atoms with Gasteiger partial charge in [0, 0.05) is 17.8 Å². The number of nitrogens with zero attached hydrogens (tertiary/aromatic N) is 1. The lowest BCUT2D eigenvalue weighted by Crippen LogP contribution is -2.43. The maximum atomic E-state index is 3.37. The normalized spacial score (nSPS) is 31.8. The summed E-state index contributed by atoms with van der Waals surface area (Å²) >= 11 is 1.99. The summed E-state index contributed by atoms with van der Waals surface area (Å²) < 4.78 is 0. The van der Waals surface area contributed by atoms with Gasteiger partial charge in [-0.05, 0) is 33.6 Å². The number of likely N-dealkylation sites (tertiary alicyclic amines) is 1. The molecule has 2 atom stereocenters. The lowest BCUT2D eigenvalue weighted by atomic mass is 10.3. The van der Waals surface area contributed by atoms with E-state index in [-0.39, 0.29) is 0 Å². The second-order valence-corrected chi connectivity index (χ2v) is 4.83. The van der Waals surface area contributed by atoms with Gasteiger partial charge in [-0.15, -0.1) is 0 Å². The number of thioether (sulfide) groups is 1. The first-order valence-corrected chi connectivity index (χ1v) is 5.93. The van der Waals surface area contributed by atoms with Crippen LogP contribution in [0.4, 0.5) is 0 Å². The topological polar surface area (TPSA) is 15.3 Å². The van der Waals surface area contributed by atoms with Gasteiger partial charge in [-0.2, -0.15) is 11.8 Å². The Kier molecular flexibility index (Phi) is 3.87. The molecular weight excluding hydrogens is 168 g/mol. The van der Waals surface area contributed by atoms with Gasteiger partial charge < -0.3 is 5.32 Å². The highest BCUT2D eigenvalue weighted by Gasteiger charge is 2.31. The Morgan fingerprint density at radius 1 is 1.50 bits per heavy atom. The van der Waals surface area contributed by atoms with E-state index < -0.39 is 0 Å². The van der Waals surface area contributed by atoms with Gasteiger partial charge in [0.1, 0.15) is 0 Å². The smallest absolute Gasteiger partial charge is 0.0608 e. The quantitative estimate of drug-likeness (QED) is 0.720. The van der Waals surface area contributed by atoms with Crippen molar-refractivity contribution in [2.45, 2.75) is 37.7 Å². The van der Waals surface area contributed by atoms with Gasteiger partial charge in [-0.25, -0.2) is 0 Å². The Bertz CT molecular complexity index is 138. The predicted octanol–water partition coefficient (Wildman–Crippen LogP) is 1.38. The molecule has 0 radical (unpaired) electrons. The summed E-state index contributed by atoms with van der Waals surface area (Å²) in [6.07, 6.45) is 4.10. The van der Waals surface area contributed by atoms with E-state index in [4.69, 9.17) is 0 Å². The van der Waals surface area contributed by atoms with Crippen molar-refractivity contribution in [1.82, 2.24) is 10.2 Å². The Labute approximate surface area is 80.1 Å². The summed E-state index contributed by atoms with van der Waals surface area (Å²) in [7, 11) is 2.06. The molecule has 0 spiro atoms. The molecule has 2 nitrogen and oxygen atoms in total. The summed E-state index contributed by atoms with van der Waals surface area (Å²) in [5.41, 5.74) is 0. The van der Waals surface area contributed by atoms with Crippen molar-refractivity contribution in [2.75, 3.05) is 19.8 Å². The van der Waals surface area contributed by atoms with Gasteiger partial charge in [0.15, 0.2) is 0 Å². The number of rotatable bonds is 3. The zero-order chi connectivity index (χ0) is 9.14. The van der Waals surface area contributed by atoms with Gasteiger partial charge in [0.05, 0.1) is 6.17 Å². The highest BCUT2D eigenvalue weighted by Crippen LogP contribution is 2.25. The van der Waals surface area contributed by atoms with E-state index in [2.05, 4.69) is 37.4 Å². The molecule has 0 aromatic rings. The third-order valence-corrected chi connectivity index (χ3v) is 3.64. The maximum Gasteiger partial charge on any atom is 0.0608 e. The van der Waals surface area contributed by atoms with Crippen LogP contribution in [-0.2, 0) is 0 Å². The monoisotopic (exact) mass is 188 g/mol. The van der Waals surface area contributed by atoms with Gasteiger partial charge in [-0.3, -0.25) is 4.90 Å². The molecule has 0 aromatic heterocycles. The lowest BCUT2D eigenvalue weighted by molar-refractivity contribution is 0.183. The first-order chi connectivity index (χ1) is 5.69. The molecule has 0 amide bonds. The average molecular weight is 188 g/mol. The molecule has 0 aliphatic carbocycles. The fourth-order valence-electron chi connectivity index (χ4n) is 1.85. The summed E-state index contributed by atoms with van der Waals surface area (Å²) in [5.74, 6) is 0. The van der Waals surface area contributed by atoms with Crippen LogP contribution in [-0.4, -0.2) is 42.2 Å². The number of hydrogen-bond acceptors (Lipinski definition) is 3. The highest BCUT2D eigenvalue weighted by molar-refractivity contribution is 7.99. The summed E-state index contributed by atoms with van der Waals surface area (Å²) in [6.45, 7) is 5.78. The minimum Gasteiger partial charge on any atom is -0.305 e. The van der Waals surface area contributed by atoms with E-state index in [1.807, 2.05) is 11.8 Å². The first-order valence-electron chi connectivity index (χ1n) is 4.64. The first kappa shape index (κ1) is 10.4. The zero-order valence-corrected chi connectivity index (χ0v) is 9.32. The van der Waals surface area contributed by atoms with E-state index >= 15 is 0 Å². The van der Waals surface area contributed by atoms with Gasteiger partial charge in [0.25, 0.3) is 0 Å². The fraction of sp³-hybridized carbons (Fsp3) is 1.00. The standard InChI is InChI=1S/C9H20N2S/c1-7(2)11-6-8(12-4)5-9(11)10-3/h7-10H,5-6H2,1-4H3/t8?,9-/m0/s1. The van der Waals surface area contributed by atoms with Gasteiger partial charge in [-0.1, -0.05) is 0 Å². The summed E-state index contributed by atoms with van der Waals surface area (Å²) in [5, 5.41) is 4.20. The molecule has 1 unspecified atom stereocenters. The molecular formula is C9H20N2S. The predicted molar refractivity (Wildman–Crippen MR) is 56.6 cm³/mol. The minimum absolute atomic E-state index is 0.599. The van der Waals surface area contributed by atoms with Crippen molar-refractivity contribution in [3.63, 3.8) is 0 Å². The largest absolute Gasteiger partial charge is 0.305 e. The third-order valence-electron chi connectivity index (χ3n) is 2.63. The Hall–Kier alpha value is 0.270. The van der Waals surface area contributed by atoms with E-state index in [0.29, 0.717) is 12.2 Å². The van der Waals surface area contributed by atoms with Crippen LogP contribution in [0.1, 0.15) is 20.3 Å². The van der Waals surface area contributed by atoms with Crippen LogP contribution < -0.4 is 5.32 Å². The molecule has 1 heterocycles. The molecule has 1 saturated heterocycles. The summed E-state index contributed by atoms with van der Waals surface area (Å²) in [6, 6.07) is 0.666. The molecule has 0 bridgehead atoms. The SMILES string of the molecule is CN[C@@H]1CC(SC)CN1C(C)C. The maximum absolute atomic E-state index is 3.37. The molecule has 1 N–H and O–H groups in total. The van der Waals surface area contributed by atoms with Gasteiger partial charge >= 0.3 is 0 Å². The van der Waals surface area contributed by atoms with E-state index in [9.17, 15) is 0 Å². The van der Waals surface area contributed by atoms with Crippen molar-refractivity contribution < 1.29 is 0 Å². The second kappa shape index (κ2) is 4.49. The highest BCUT2D eigenvalue weighted by atomic mass is 32.2. The average Bonchev–Trinajstić information content (AvgIpc) is 2.47. The van der Waals surface area contributed by atoms with Crippen LogP contribution in [0, 0.1) is 0 Å². The molecule has 1 rings (SSSR count). The molecule has 0 saturated carbocycles. The van der Waals surface area contributed by atoms with Crippen molar-refractivity contribution >= 4 is 11.8 Å². The minimum atomic E-state index is 0.599. The number of hydrogen-bond donors (Lipinski definition) is 1. The van der Waals surface area contributed by atoms with Crippen LogP contribution in [0.2, 0.25) is 0 Å². The van der Waals surface area contributed by atoms with Crippen molar-refractivity contribution in [3.05, 3.63) is 0 Å². The second-order valence-electron chi connectivity index (χ2n) is 3.69. The fourth-order valence-corrected chi connectivity index (χ4v) is 2.54. The molecule has 1 aliphatic heterocycles. The van der Waals surface area contributed by atoms with Crippen molar-refractivity contribution in [2.24, 2.45) is 0 Å². The third kappa shape index (κ3) is 2.15. The molecule has 3 heteroatoms. The van der Waals surface area contributed by atoms with Crippen molar-refractivity contribution in [1.29, 1.82) is 0 Å². The van der Waals surface area contributed by atoms with Crippen LogP contribution in [0.15, 0.2) is 0 Å². The molecule has 1 fully saturated rings. The van der Waals surface area contributed by atoms with Crippen LogP contribution in [0.25, 0.3) is 0 Å². The molecule has 72 valence electrons. The number of nitrogens with one attached hydrogen (secondary N) is 1. The van der Waals surface area contributed by atoms with Crippen LogP contribution in [0.5, 0.6) is 0 Å².